The van der Waals surface area contributed by atoms with Crippen LogP contribution in [0.3, 0.4) is 0 Å². The molecule has 2 fully saturated rings. The maximum Gasteiger partial charge on any atom is 0.439 e. The fourth-order valence-corrected chi connectivity index (χ4v) is 6.08. The van der Waals surface area contributed by atoms with Crippen molar-refractivity contribution in [2.45, 2.75) is 71.4 Å². The van der Waals surface area contributed by atoms with E-state index in [2.05, 4.69) is 38.4 Å². The Balaban J connectivity index is 1.58. The van der Waals surface area contributed by atoms with Crippen molar-refractivity contribution < 1.29 is 4.52 Å². The van der Waals surface area contributed by atoms with Crippen LogP contribution in [-0.2, 0) is 6.54 Å². The van der Waals surface area contributed by atoms with Crippen molar-refractivity contribution in [1.29, 1.82) is 0 Å². The number of hydrogen-bond acceptors (Lipinski definition) is 7. The van der Waals surface area contributed by atoms with E-state index in [1.54, 1.807) is 12.4 Å². The lowest BCUT2D eigenvalue weighted by atomic mass is 9.83. The second-order valence-corrected chi connectivity index (χ2v) is 11.2. The van der Waals surface area contributed by atoms with Gasteiger partial charge in [-0.3, -0.25) is 14.5 Å². The van der Waals surface area contributed by atoms with Gasteiger partial charge < -0.3 is 9.47 Å². The fraction of sp³-hybridized carbons (Fsp3) is 0.519. The minimum absolute atomic E-state index is 0.270. The van der Waals surface area contributed by atoms with Gasteiger partial charge in [-0.1, -0.05) is 36.5 Å². The molecule has 9 nitrogen and oxygen atoms in total. The van der Waals surface area contributed by atoms with E-state index in [0.717, 1.165) is 60.1 Å². The molecule has 1 saturated heterocycles. The molecule has 6 rings (SSSR count). The summed E-state index contributed by atoms with van der Waals surface area (Å²) in [6.45, 7) is 6.52. The SMILES string of the molecule is CC1CCC(Cn2c(N3CCCC[C@@H]3C)nc3cc(-c4noc(=O)[nH]4)nc(-c4cncc(Cl)c4)c32)CC1. The van der Waals surface area contributed by atoms with Crippen LogP contribution < -0.4 is 10.7 Å². The lowest BCUT2D eigenvalue weighted by Crippen LogP contribution is -2.39. The fourth-order valence-electron chi connectivity index (χ4n) is 5.91. The third kappa shape index (κ3) is 4.77. The Hall–Kier alpha value is -3.20. The van der Waals surface area contributed by atoms with Crippen LogP contribution in [-0.4, -0.2) is 42.2 Å². The highest BCUT2D eigenvalue weighted by molar-refractivity contribution is 6.30. The molecule has 194 valence electrons. The zero-order chi connectivity index (χ0) is 25.5. The van der Waals surface area contributed by atoms with Crippen LogP contribution in [0.15, 0.2) is 33.8 Å². The van der Waals surface area contributed by atoms with Crippen molar-refractivity contribution in [3.8, 4) is 22.8 Å². The Bertz CT molecular complexity index is 1470. The van der Waals surface area contributed by atoms with Crippen LogP contribution in [0.1, 0.15) is 58.8 Å². The lowest BCUT2D eigenvalue weighted by Gasteiger charge is -2.35. The first-order valence-corrected chi connectivity index (χ1v) is 13.7. The number of nitrogens with one attached hydrogen (secondary N) is 1. The largest absolute Gasteiger partial charge is 0.439 e. The van der Waals surface area contributed by atoms with Crippen molar-refractivity contribution >= 4 is 28.6 Å². The van der Waals surface area contributed by atoms with Gasteiger partial charge in [0, 0.05) is 37.1 Å². The number of aromatic nitrogens is 6. The number of rotatable bonds is 5. The summed E-state index contributed by atoms with van der Waals surface area (Å²) in [5.74, 6) is 2.02. The first-order valence-electron chi connectivity index (χ1n) is 13.3. The zero-order valence-electron chi connectivity index (χ0n) is 21.3. The number of nitrogens with zero attached hydrogens (tertiary/aromatic N) is 6. The predicted molar refractivity (Wildman–Crippen MR) is 144 cm³/mol. The van der Waals surface area contributed by atoms with E-state index in [1.807, 2.05) is 12.1 Å². The van der Waals surface area contributed by atoms with Crippen LogP contribution in [0.25, 0.3) is 33.8 Å². The van der Waals surface area contributed by atoms with Gasteiger partial charge in [0.2, 0.25) is 11.8 Å². The van der Waals surface area contributed by atoms with E-state index in [0.29, 0.717) is 22.7 Å². The Morgan fingerprint density at radius 3 is 2.65 bits per heavy atom. The quantitative estimate of drug-likeness (QED) is 0.359. The Labute approximate surface area is 220 Å². The summed E-state index contributed by atoms with van der Waals surface area (Å²) >= 11 is 6.37. The molecule has 1 aliphatic heterocycles. The summed E-state index contributed by atoms with van der Waals surface area (Å²) in [4.78, 5) is 31.3. The number of anilines is 1. The molecule has 0 radical (unpaired) electrons. The molecule has 0 amide bonds. The van der Waals surface area contributed by atoms with Gasteiger partial charge in [0.25, 0.3) is 0 Å². The zero-order valence-corrected chi connectivity index (χ0v) is 22.0. The first-order chi connectivity index (χ1) is 18.0. The van der Waals surface area contributed by atoms with Crippen molar-refractivity contribution in [2.75, 3.05) is 11.4 Å². The van der Waals surface area contributed by atoms with Gasteiger partial charge in [-0.05, 0) is 63.0 Å². The van der Waals surface area contributed by atoms with Crippen molar-refractivity contribution in [2.24, 2.45) is 11.8 Å². The normalized spacial score (nSPS) is 22.6. The summed E-state index contributed by atoms with van der Waals surface area (Å²) < 4.78 is 7.16. The number of imidazole rings is 1. The molecule has 1 aliphatic carbocycles. The van der Waals surface area contributed by atoms with E-state index in [4.69, 9.17) is 26.1 Å². The first kappa shape index (κ1) is 24.2. The molecule has 4 aromatic rings. The topological polar surface area (TPSA) is 106 Å². The van der Waals surface area contributed by atoms with Crippen LogP contribution in [0.2, 0.25) is 5.02 Å². The van der Waals surface area contributed by atoms with Gasteiger partial charge >= 0.3 is 5.76 Å². The summed E-state index contributed by atoms with van der Waals surface area (Å²) in [5.41, 5.74) is 3.77. The minimum atomic E-state index is -0.622. The molecular weight excluding hydrogens is 490 g/mol. The Morgan fingerprint density at radius 2 is 1.92 bits per heavy atom. The van der Waals surface area contributed by atoms with Crippen LogP contribution in [0.5, 0.6) is 0 Å². The highest BCUT2D eigenvalue weighted by Gasteiger charge is 2.29. The second-order valence-electron chi connectivity index (χ2n) is 10.7. The van der Waals surface area contributed by atoms with Crippen molar-refractivity contribution in [3.63, 3.8) is 0 Å². The molecule has 1 atom stereocenters. The van der Waals surface area contributed by atoms with Crippen LogP contribution >= 0.6 is 11.6 Å². The summed E-state index contributed by atoms with van der Waals surface area (Å²) in [6, 6.07) is 4.17. The molecule has 37 heavy (non-hydrogen) atoms. The van der Waals surface area contributed by atoms with Gasteiger partial charge in [0.05, 0.1) is 21.7 Å². The van der Waals surface area contributed by atoms with Crippen molar-refractivity contribution in [1.82, 2.24) is 29.7 Å². The van der Waals surface area contributed by atoms with E-state index in [9.17, 15) is 4.79 Å². The summed E-state index contributed by atoms with van der Waals surface area (Å²) in [5, 5.41) is 4.42. The number of aromatic amines is 1. The number of fused-ring (bicyclic) bond motifs is 1. The van der Waals surface area contributed by atoms with Gasteiger partial charge in [0.15, 0.2) is 0 Å². The van der Waals surface area contributed by atoms with E-state index >= 15 is 0 Å². The average Bonchev–Trinajstić information content (AvgIpc) is 3.49. The molecular formula is C27H32ClN7O2. The average molecular weight is 522 g/mol. The van der Waals surface area contributed by atoms with E-state index in [-0.39, 0.29) is 5.82 Å². The summed E-state index contributed by atoms with van der Waals surface area (Å²) in [7, 11) is 0. The Morgan fingerprint density at radius 1 is 1.08 bits per heavy atom. The molecule has 0 spiro atoms. The van der Waals surface area contributed by atoms with Gasteiger partial charge in [-0.15, -0.1) is 0 Å². The second kappa shape index (κ2) is 9.93. The lowest BCUT2D eigenvalue weighted by molar-refractivity contribution is 0.266. The molecule has 0 aromatic carbocycles. The molecule has 0 bridgehead atoms. The van der Waals surface area contributed by atoms with Gasteiger partial charge in [-0.2, -0.15) is 0 Å². The van der Waals surface area contributed by atoms with E-state index in [1.165, 1.54) is 32.1 Å². The maximum atomic E-state index is 11.7. The molecule has 5 heterocycles. The molecule has 2 aliphatic rings. The molecule has 10 heteroatoms. The highest BCUT2D eigenvalue weighted by atomic mass is 35.5. The van der Waals surface area contributed by atoms with Gasteiger partial charge in [-0.25, -0.2) is 14.8 Å². The van der Waals surface area contributed by atoms with E-state index < -0.39 is 5.76 Å². The highest BCUT2D eigenvalue weighted by Crippen LogP contribution is 2.38. The standard InChI is InChI=1S/C27H32ClN7O2/c1-16-6-8-18(9-7-16)15-35-24-21(31-26(35)34-10-4-3-5-17(34)2)12-22(25-32-27(36)37-33-25)30-23(24)19-11-20(28)14-29-13-19/h11-14,16-18H,3-10,15H2,1-2H3,(H,32,33,36)/t16?,17-,18?/m0/s1. The monoisotopic (exact) mass is 521 g/mol. The molecule has 1 saturated carbocycles. The number of H-pyrrole nitrogens is 1. The number of pyridine rings is 2. The number of halogens is 1. The van der Waals surface area contributed by atoms with Crippen LogP contribution in [0, 0.1) is 11.8 Å². The predicted octanol–water partition coefficient (Wildman–Crippen LogP) is 5.70. The van der Waals surface area contributed by atoms with Crippen LogP contribution in [0.4, 0.5) is 5.95 Å². The Kier molecular flexibility index (Phi) is 6.48. The molecule has 1 N–H and O–H groups in total. The third-order valence-electron chi connectivity index (χ3n) is 8.00. The number of piperidine rings is 1. The van der Waals surface area contributed by atoms with Gasteiger partial charge in [0.1, 0.15) is 5.69 Å². The maximum absolute atomic E-state index is 11.7. The number of hydrogen-bond donors (Lipinski definition) is 1. The minimum Gasteiger partial charge on any atom is -0.340 e. The molecule has 0 unspecified atom stereocenters. The van der Waals surface area contributed by atoms with Crippen molar-refractivity contribution in [3.05, 3.63) is 40.1 Å². The third-order valence-corrected chi connectivity index (χ3v) is 8.21. The summed E-state index contributed by atoms with van der Waals surface area (Å²) in [6.07, 6.45) is 11.9. The smallest absolute Gasteiger partial charge is 0.340 e. The molecule has 4 aromatic heterocycles.